The van der Waals surface area contributed by atoms with Crippen LogP contribution in [0.1, 0.15) is 24.2 Å². The molecule has 1 aromatic heterocycles. The number of aromatic nitrogens is 2. The fourth-order valence-electron chi connectivity index (χ4n) is 0.867. The van der Waals surface area contributed by atoms with E-state index in [1.54, 1.807) is 0 Å². The van der Waals surface area contributed by atoms with Gasteiger partial charge in [0.1, 0.15) is 5.56 Å². The van der Waals surface area contributed by atoms with E-state index in [9.17, 15) is 9.59 Å². The number of H-pyrrole nitrogens is 2. The van der Waals surface area contributed by atoms with Crippen LogP contribution in [0.4, 0.5) is 0 Å². The molecule has 0 radical (unpaired) electrons. The van der Waals surface area contributed by atoms with Crippen molar-refractivity contribution in [2.45, 2.75) is 13.8 Å². The minimum atomic E-state index is -0.388. The Balaban J connectivity index is 2.60. The Labute approximate surface area is 75.5 Å². The van der Waals surface area contributed by atoms with Crippen molar-refractivity contribution in [1.29, 1.82) is 0 Å². The first kappa shape index (κ1) is 9.57. The maximum atomic E-state index is 11.3. The van der Waals surface area contributed by atoms with Gasteiger partial charge in [0.05, 0.1) is 0 Å². The third kappa shape index (κ3) is 2.47. The van der Waals surface area contributed by atoms with Crippen LogP contribution < -0.4 is 10.9 Å². The summed E-state index contributed by atoms with van der Waals surface area (Å²) in [5.74, 6) is 0.0400. The van der Waals surface area contributed by atoms with Gasteiger partial charge in [-0.15, -0.1) is 0 Å². The number of hydrogen-bond donors (Lipinski definition) is 3. The van der Waals surface area contributed by atoms with Gasteiger partial charge in [-0.3, -0.25) is 14.7 Å². The standard InChI is InChI=1S/C8H13N3O2/c1-5(2)3-9-7(12)6-4-10-11-8(6)13/h4-5H,3H2,1-2H3,(H,9,12)(H2,10,11,13). The van der Waals surface area contributed by atoms with Crippen molar-refractivity contribution >= 4 is 5.91 Å². The molecule has 1 aromatic rings. The third-order valence-electron chi connectivity index (χ3n) is 1.56. The van der Waals surface area contributed by atoms with E-state index in [0.717, 1.165) is 0 Å². The predicted molar refractivity (Wildman–Crippen MR) is 48.6 cm³/mol. The summed E-state index contributed by atoms with van der Waals surface area (Å²) in [6.45, 7) is 4.55. The first-order valence-corrected chi connectivity index (χ1v) is 4.15. The highest BCUT2D eigenvalue weighted by atomic mass is 16.2. The van der Waals surface area contributed by atoms with Crippen LogP contribution in [-0.4, -0.2) is 22.6 Å². The lowest BCUT2D eigenvalue weighted by Crippen LogP contribution is -2.30. The quantitative estimate of drug-likeness (QED) is 0.621. The molecule has 1 amide bonds. The van der Waals surface area contributed by atoms with E-state index < -0.39 is 0 Å². The molecule has 0 fully saturated rings. The van der Waals surface area contributed by atoms with E-state index in [0.29, 0.717) is 12.5 Å². The summed E-state index contributed by atoms with van der Waals surface area (Å²) in [6.07, 6.45) is 1.36. The van der Waals surface area contributed by atoms with E-state index in [1.165, 1.54) is 6.20 Å². The zero-order valence-corrected chi connectivity index (χ0v) is 7.68. The highest BCUT2D eigenvalue weighted by Crippen LogP contribution is 1.90. The Morgan fingerprint density at radius 2 is 2.31 bits per heavy atom. The molecule has 3 N–H and O–H groups in total. The number of amides is 1. The van der Waals surface area contributed by atoms with E-state index in [2.05, 4.69) is 15.5 Å². The lowest BCUT2D eigenvalue weighted by molar-refractivity contribution is 0.0948. The van der Waals surface area contributed by atoms with Gasteiger partial charge in [-0.05, 0) is 5.92 Å². The molecule has 1 rings (SSSR count). The maximum Gasteiger partial charge on any atom is 0.276 e. The van der Waals surface area contributed by atoms with Crippen molar-refractivity contribution in [3.8, 4) is 0 Å². The van der Waals surface area contributed by atoms with Gasteiger partial charge in [0, 0.05) is 12.7 Å². The average molecular weight is 183 g/mol. The van der Waals surface area contributed by atoms with Gasteiger partial charge in [0.15, 0.2) is 0 Å². The molecule has 5 nitrogen and oxygen atoms in total. The predicted octanol–water partition coefficient (Wildman–Crippen LogP) is 0.0888. The molecule has 1 heterocycles. The fraction of sp³-hybridized carbons (Fsp3) is 0.500. The van der Waals surface area contributed by atoms with Crippen LogP contribution >= 0.6 is 0 Å². The fourth-order valence-corrected chi connectivity index (χ4v) is 0.867. The highest BCUT2D eigenvalue weighted by molar-refractivity contribution is 5.93. The largest absolute Gasteiger partial charge is 0.352 e. The topological polar surface area (TPSA) is 77.8 Å². The molecule has 5 heteroatoms. The van der Waals surface area contributed by atoms with Crippen LogP contribution in [0.3, 0.4) is 0 Å². The van der Waals surface area contributed by atoms with Crippen molar-refractivity contribution in [3.63, 3.8) is 0 Å². The number of hydrogen-bond acceptors (Lipinski definition) is 2. The van der Waals surface area contributed by atoms with Crippen LogP contribution in [-0.2, 0) is 0 Å². The second-order valence-electron chi connectivity index (χ2n) is 3.26. The smallest absolute Gasteiger partial charge is 0.276 e. The zero-order valence-electron chi connectivity index (χ0n) is 7.68. The van der Waals surface area contributed by atoms with Crippen molar-refractivity contribution in [1.82, 2.24) is 15.5 Å². The summed E-state index contributed by atoms with van der Waals surface area (Å²) in [7, 11) is 0. The molecule has 0 aliphatic rings. The van der Waals surface area contributed by atoms with Crippen LogP contribution in [0, 0.1) is 5.92 Å². The van der Waals surface area contributed by atoms with Crippen LogP contribution in [0.25, 0.3) is 0 Å². The normalized spacial score (nSPS) is 10.4. The maximum absolute atomic E-state index is 11.3. The summed E-state index contributed by atoms with van der Waals surface area (Å²) in [6, 6.07) is 0. The average Bonchev–Trinajstić information content (AvgIpc) is 2.47. The van der Waals surface area contributed by atoms with Gasteiger partial charge in [0.2, 0.25) is 0 Å². The van der Waals surface area contributed by atoms with Crippen LogP contribution in [0.15, 0.2) is 11.0 Å². The molecular formula is C8H13N3O2. The van der Waals surface area contributed by atoms with Gasteiger partial charge in [0.25, 0.3) is 11.5 Å². The lowest BCUT2D eigenvalue weighted by Gasteiger charge is -2.04. The van der Waals surface area contributed by atoms with Gasteiger partial charge in [-0.2, -0.15) is 0 Å². The van der Waals surface area contributed by atoms with Gasteiger partial charge in [-0.25, -0.2) is 0 Å². The molecular weight excluding hydrogens is 170 g/mol. The molecule has 0 bridgehead atoms. The van der Waals surface area contributed by atoms with Crippen LogP contribution in [0.2, 0.25) is 0 Å². The molecule has 0 atom stereocenters. The Morgan fingerprint density at radius 3 is 2.77 bits per heavy atom. The molecule has 72 valence electrons. The second-order valence-corrected chi connectivity index (χ2v) is 3.26. The molecule has 0 spiro atoms. The van der Waals surface area contributed by atoms with Gasteiger partial charge >= 0.3 is 0 Å². The Morgan fingerprint density at radius 1 is 1.62 bits per heavy atom. The molecule has 0 aliphatic heterocycles. The van der Waals surface area contributed by atoms with Crippen molar-refractivity contribution in [2.24, 2.45) is 5.92 Å². The molecule has 0 unspecified atom stereocenters. The molecule has 0 saturated heterocycles. The van der Waals surface area contributed by atoms with Gasteiger partial charge < -0.3 is 10.4 Å². The second kappa shape index (κ2) is 3.93. The minimum Gasteiger partial charge on any atom is -0.352 e. The van der Waals surface area contributed by atoms with Crippen molar-refractivity contribution in [2.75, 3.05) is 6.54 Å². The summed E-state index contributed by atoms with van der Waals surface area (Å²) in [5.41, 5.74) is -0.262. The van der Waals surface area contributed by atoms with E-state index in [1.807, 2.05) is 13.8 Å². The summed E-state index contributed by atoms with van der Waals surface area (Å²) < 4.78 is 0. The van der Waals surface area contributed by atoms with Crippen LogP contribution in [0.5, 0.6) is 0 Å². The monoisotopic (exact) mass is 183 g/mol. The van der Waals surface area contributed by atoms with Crippen molar-refractivity contribution in [3.05, 3.63) is 22.1 Å². The number of carbonyl (C=O) groups excluding carboxylic acids is 1. The highest BCUT2D eigenvalue weighted by Gasteiger charge is 2.10. The third-order valence-corrected chi connectivity index (χ3v) is 1.56. The SMILES string of the molecule is CC(C)CNC(=O)c1c[nH][nH]c1=O. The number of nitrogens with one attached hydrogen (secondary N) is 3. The summed E-state index contributed by atoms with van der Waals surface area (Å²) in [4.78, 5) is 22.2. The Kier molecular flexibility index (Phi) is 2.89. The summed E-state index contributed by atoms with van der Waals surface area (Å²) in [5, 5.41) is 7.41. The molecule has 0 aliphatic carbocycles. The number of aromatic amines is 2. The zero-order chi connectivity index (χ0) is 9.84. The van der Waals surface area contributed by atoms with E-state index in [4.69, 9.17) is 0 Å². The first-order chi connectivity index (χ1) is 6.11. The molecule has 0 aromatic carbocycles. The number of carbonyl (C=O) groups is 1. The minimum absolute atomic E-state index is 0.126. The van der Waals surface area contributed by atoms with E-state index in [-0.39, 0.29) is 17.0 Å². The lowest BCUT2D eigenvalue weighted by atomic mass is 10.2. The Bertz CT molecular complexity index is 337. The van der Waals surface area contributed by atoms with E-state index >= 15 is 0 Å². The molecule has 13 heavy (non-hydrogen) atoms. The Hall–Kier alpha value is -1.52. The summed E-state index contributed by atoms with van der Waals surface area (Å²) >= 11 is 0. The molecule has 0 saturated carbocycles. The first-order valence-electron chi connectivity index (χ1n) is 4.15. The van der Waals surface area contributed by atoms with Gasteiger partial charge in [-0.1, -0.05) is 13.8 Å². The number of rotatable bonds is 3. The van der Waals surface area contributed by atoms with Crippen molar-refractivity contribution < 1.29 is 4.79 Å².